The third-order valence-corrected chi connectivity index (χ3v) is 10.1. The summed E-state index contributed by atoms with van der Waals surface area (Å²) in [5.74, 6) is 0. The van der Waals surface area contributed by atoms with Crippen LogP contribution in [0.2, 0.25) is 5.04 Å². The molecule has 0 amide bonds. The Bertz CT molecular complexity index is 790. The maximum atomic E-state index is 6.85. The molecular formula is C22H24BrNOSi. The van der Waals surface area contributed by atoms with Crippen molar-refractivity contribution in [3.05, 3.63) is 89.2 Å². The minimum absolute atomic E-state index is 0.0227. The molecule has 0 atom stereocenters. The van der Waals surface area contributed by atoms with E-state index < -0.39 is 8.32 Å². The van der Waals surface area contributed by atoms with E-state index in [1.54, 1.807) is 0 Å². The van der Waals surface area contributed by atoms with E-state index in [-0.39, 0.29) is 5.04 Å². The Morgan fingerprint density at radius 3 is 1.81 bits per heavy atom. The van der Waals surface area contributed by atoms with E-state index in [0.29, 0.717) is 6.61 Å². The van der Waals surface area contributed by atoms with Crippen LogP contribution >= 0.6 is 15.9 Å². The fraction of sp³-hybridized carbons (Fsp3) is 0.227. The highest BCUT2D eigenvalue weighted by atomic mass is 79.9. The molecule has 0 aliphatic carbocycles. The van der Waals surface area contributed by atoms with Crippen LogP contribution in [0, 0.1) is 0 Å². The van der Waals surface area contributed by atoms with Crippen LogP contribution in [-0.2, 0) is 11.0 Å². The molecule has 0 bridgehead atoms. The summed E-state index contributed by atoms with van der Waals surface area (Å²) in [5.41, 5.74) is 0.946. The Labute approximate surface area is 165 Å². The van der Waals surface area contributed by atoms with Crippen molar-refractivity contribution < 1.29 is 4.43 Å². The lowest BCUT2D eigenvalue weighted by molar-refractivity contribution is 0.282. The van der Waals surface area contributed by atoms with Gasteiger partial charge in [0.1, 0.15) is 0 Å². The summed E-state index contributed by atoms with van der Waals surface area (Å²) in [4.78, 5) is 4.50. The van der Waals surface area contributed by atoms with Crippen molar-refractivity contribution in [1.29, 1.82) is 0 Å². The van der Waals surface area contributed by atoms with E-state index in [4.69, 9.17) is 4.43 Å². The van der Waals surface area contributed by atoms with E-state index >= 15 is 0 Å². The lowest BCUT2D eigenvalue weighted by atomic mass is 10.2. The molecule has 0 radical (unpaired) electrons. The van der Waals surface area contributed by atoms with E-state index in [9.17, 15) is 0 Å². The molecule has 0 aliphatic rings. The summed E-state index contributed by atoms with van der Waals surface area (Å²) >= 11 is 3.45. The zero-order valence-corrected chi connectivity index (χ0v) is 18.0. The zero-order valence-electron chi connectivity index (χ0n) is 15.4. The summed E-state index contributed by atoms with van der Waals surface area (Å²) in [6.45, 7) is 7.36. The van der Waals surface area contributed by atoms with Crippen LogP contribution in [0.3, 0.4) is 0 Å². The average molecular weight is 426 g/mol. The van der Waals surface area contributed by atoms with Gasteiger partial charge in [0.2, 0.25) is 0 Å². The molecule has 0 spiro atoms. The lowest BCUT2D eigenvalue weighted by Crippen LogP contribution is -2.66. The molecule has 0 saturated heterocycles. The number of hydrogen-bond donors (Lipinski definition) is 0. The van der Waals surface area contributed by atoms with Crippen LogP contribution in [0.1, 0.15) is 26.5 Å². The number of aromatic nitrogens is 1. The van der Waals surface area contributed by atoms with Gasteiger partial charge in [-0.05, 0) is 43.5 Å². The number of hydrogen-bond acceptors (Lipinski definition) is 2. The van der Waals surface area contributed by atoms with Crippen LogP contribution < -0.4 is 10.4 Å². The van der Waals surface area contributed by atoms with Crippen molar-refractivity contribution in [1.82, 2.24) is 4.98 Å². The van der Waals surface area contributed by atoms with E-state index in [2.05, 4.69) is 102 Å². The lowest BCUT2D eigenvalue weighted by Gasteiger charge is -2.43. The summed E-state index contributed by atoms with van der Waals surface area (Å²) in [6.07, 6.45) is 1.82. The fourth-order valence-electron chi connectivity index (χ4n) is 3.44. The molecule has 134 valence electrons. The Hall–Kier alpha value is -1.75. The van der Waals surface area contributed by atoms with Gasteiger partial charge in [-0.3, -0.25) is 4.98 Å². The second-order valence-corrected chi connectivity index (χ2v) is 12.6. The second-order valence-electron chi connectivity index (χ2n) is 7.42. The Balaban J connectivity index is 2.09. The molecule has 3 aromatic rings. The van der Waals surface area contributed by atoms with E-state index in [1.165, 1.54) is 10.4 Å². The highest BCUT2D eigenvalue weighted by molar-refractivity contribution is 9.10. The molecule has 2 nitrogen and oxygen atoms in total. The van der Waals surface area contributed by atoms with Crippen molar-refractivity contribution in [2.75, 3.05) is 0 Å². The SMILES string of the molecule is CC(C)(C)[Si](OCc1ccc(Br)cn1)(c1ccccc1)c1ccccc1. The minimum Gasteiger partial charge on any atom is -0.402 e. The first-order valence-electron chi connectivity index (χ1n) is 8.79. The summed E-state index contributed by atoms with van der Waals surface area (Å²) < 4.78 is 7.83. The Morgan fingerprint density at radius 1 is 0.846 bits per heavy atom. The average Bonchev–Trinajstić information content (AvgIpc) is 2.64. The number of halogens is 1. The molecule has 0 saturated carbocycles. The van der Waals surface area contributed by atoms with Gasteiger partial charge in [0.05, 0.1) is 12.3 Å². The Morgan fingerprint density at radius 2 is 1.38 bits per heavy atom. The first-order valence-corrected chi connectivity index (χ1v) is 11.5. The van der Waals surface area contributed by atoms with Gasteiger partial charge in [-0.25, -0.2) is 0 Å². The first-order chi connectivity index (χ1) is 12.4. The molecule has 1 heterocycles. The van der Waals surface area contributed by atoms with Gasteiger partial charge in [0, 0.05) is 10.7 Å². The van der Waals surface area contributed by atoms with E-state index in [1.807, 2.05) is 18.3 Å². The van der Waals surface area contributed by atoms with Gasteiger partial charge in [0.25, 0.3) is 8.32 Å². The van der Waals surface area contributed by atoms with Gasteiger partial charge in [0.15, 0.2) is 0 Å². The standard InChI is InChI=1S/C22H24BrNOSi/c1-22(2,3)26(20-10-6-4-7-11-20,21-12-8-5-9-13-21)25-17-19-15-14-18(23)16-24-19/h4-16H,17H2,1-3H3. The molecule has 0 unspecified atom stereocenters. The molecule has 2 aromatic carbocycles. The highest BCUT2D eigenvalue weighted by Gasteiger charge is 2.50. The van der Waals surface area contributed by atoms with Gasteiger partial charge < -0.3 is 4.43 Å². The predicted molar refractivity (Wildman–Crippen MR) is 114 cm³/mol. The summed E-state index contributed by atoms with van der Waals surface area (Å²) in [6, 6.07) is 25.4. The third-order valence-electron chi connectivity index (χ3n) is 4.64. The van der Waals surface area contributed by atoms with Gasteiger partial charge in [-0.15, -0.1) is 0 Å². The second kappa shape index (κ2) is 7.87. The zero-order chi connectivity index (χ0) is 18.6. The quantitative estimate of drug-likeness (QED) is 0.541. The fourth-order valence-corrected chi connectivity index (χ4v) is 8.19. The van der Waals surface area contributed by atoms with Crippen LogP contribution in [0.15, 0.2) is 83.5 Å². The smallest absolute Gasteiger partial charge is 0.261 e. The summed E-state index contributed by atoms with van der Waals surface area (Å²) in [7, 11) is -2.50. The minimum atomic E-state index is -2.50. The maximum Gasteiger partial charge on any atom is 0.261 e. The van der Waals surface area contributed by atoms with Crippen molar-refractivity contribution >= 4 is 34.6 Å². The third kappa shape index (κ3) is 3.82. The van der Waals surface area contributed by atoms with Crippen LogP contribution in [-0.4, -0.2) is 13.3 Å². The molecule has 3 rings (SSSR count). The van der Waals surface area contributed by atoms with Crippen molar-refractivity contribution in [3.63, 3.8) is 0 Å². The maximum absolute atomic E-state index is 6.85. The van der Waals surface area contributed by atoms with Gasteiger partial charge in [-0.1, -0.05) is 81.4 Å². The molecule has 0 N–H and O–H groups in total. The van der Waals surface area contributed by atoms with Crippen molar-refractivity contribution in [3.8, 4) is 0 Å². The number of rotatable bonds is 5. The van der Waals surface area contributed by atoms with Crippen LogP contribution in [0.5, 0.6) is 0 Å². The molecule has 4 heteroatoms. The van der Waals surface area contributed by atoms with Gasteiger partial charge >= 0.3 is 0 Å². The molecule has 0 fully saturated rings. The molecule has 0 aliphatic heterocycles. The van der Waals surface area contributed by atoms with Crippen LogP contribution in [0.25, 0.3) is 0 Å². The van der Waals surface area contributed by atoms with Crippen molar-refractivity contribution in [2.24, 2.45) is 0 Å². The monoisotopic (exact) mass is 425 g/mol. The molecule has 1 aromatic heterocycles. The Kier molecular flexibility index (Phi) is 5.75. The molecule has 26 heavy (non-hydrogen) atoms. The first kappa shape index (κ1) is 19.0. The van der Waals surface area contributed by atoms with Gasteiger partial charge in [-0.2, -0.15) is 0 Å². The highest BCUT2D eigenvalue weighted by Crippen LogP contribution is 2.37. The van der Waals surface area contributed by atoms with Crippen LogP contribution in [0.4, 0.5) is 0 Å². The normalized spacial score (nSPS) is 12.2. The largest absolute Gasteiger partial charge is 0.402 e. The number of benzene rings is 2. The number of pyridine rings is 1. The topological polar surface area (TPSA) is 22.1 Å². The summed E-state index contributed by atoms with van der Waals surface area (Å²) in [5, 5.41) is 2.55. The van der Waals surface area contributed by atoms with E-state index in [0.717, 1.165) is 10.2 Å². The van der Waals surface area contributed by atoms with Crippen molar-refractivity contribution in [2.45, 2.75) is 32.4 Å². The number of nitrogens with zero attached hydrogens (tertiary/aromatic N) is 1. The molecular weight excluding hydrogens is 402 g/mol. The predicted octanol–water partition coefficient (Wildman–Crippen LogP) is 4.92.